The highest BCUT2D eigenvalue weighted by molar-refractivity contribution is 5.94. The van der Waals surface area contributed by atoms with E-state index in [4.69, 9.17) is 0 Å². The van der Waals surface area contributed by atoms with Gasteiger partial charge in [0.25, 0.3) is 0 Å². The van der Waals surface area contributed by atoms with Gasteiger partial charge in [0.2, 0.25) is 0 Å². The second-order valence-electron chi connectivity index (χ2n) is 4.79. The molecule has 1 unspecified atom stereocenters. The van der Waals surface area contributed by atoms with Crippen molar-refractivity contribution in [3.8, 4) is 0 Å². The molecule has 0 saturated carbocycles. The Labute approximate surface area is 102 Å². The lowest BCUT2D eigenvalue weighted by Gasteiger charge is -2.20. The normalized spacial score (nSPS) is 12.6. The topological polar surface area (TPSA) is 62.2 Å². The van der Waals surface area contributed by atoms with E-state index in [1.54, 1.807) is 13.0 Å². The lowest BCUT2D eigenvalue weighted by Crippen LogP contribution is -2.24. The van der Waals surface area contributed by atoms with Crippen molar-refractivity contribution in [1.29, 1.82) is 0 Å². The highest BCUT2D eigenvalue weighted by Gasteiger charge is 2.18. The highest BCUT2D eigenvalue weighted by Crippen LogP contribution is 2.20. The van der Waals surface area contributed by atoms with E-state index in [-0.39, 0.29) is 11.6 Å². The zero-order valence-electron chi connectivity index (χ0n) is 11.0. The van der Waals surface area contributed by atoms with Crippen LogP contribution in [0.25, 0.3) is 0 Å². The van der Waals surface area contributed by atoms with Crippen LogP contribution in [0.2, 0.25) is 0 Å². The summed E-state index contributed by atoms with van der Waals surface area (Å²) in [5, 5.41) is 12.4. The van der Waals surface area contributed by atoms with Crippen molar-refractivity contribution in [2.75, 3.05) is 5.32 Å². The quantitative estimate of drug-likeness (QED) is 0.843. The number of anilines is 1. The highest BCUT2D eigenvalue weighted by atomic mass is 16.4. The Morgan fingerprint density at radius 1 is 1.35 bits per heavy atom. The van der Waals surface area contributed by atoms with Crippen LogP contribution in [-0.2, 0) is 0 Å². The molecule has 1 atom stereocenters. The van der Waals surface area contributed by atoms with Gasteiger partial charge in [-0.2, -0.15) is 0 Å². The molecule has 4 nitrogen and oxygen atoms in total. The van der Waals surface area contributed by atoms with Gasteiger partial charge in [-0.05, 0) is 38.3 Å². The Kier molecular flexibility index (Phi) is 4.10. The van der Waals surface area contributed by atoms with Crippen LogP contribution >= 0.6 is 0 Å². The molecule has 17 heavy (non-hydrogen) atoms. The minimum Gasteiger partial charge on any atom is -0.478 e. The smallest absolute Gasteiger partial charge is 0.339 e. The summed E-state index contributed by atoms with van der Waals surface area (Å²) in [5.74, 6) is -0.0519. The number of carboxylic acid groups (broad SMARTS) is 1. The van der Waals surface area contributed by atoms with E-state index in [2.05, 4.69) is 24.1 Å². The van der Waals surface area contributed by atoms with Crippen molar-refractivity contribution < 1.29 is 9.90 Å². The van der Waals surface area contributed by atoms with Crippen molar-refractivity contribution in [2.24, 2.45) is 5.92 Å². The molecule has 0 amide bonds. The van der Waals surface area contributed by atoms with Gasteiger partial charge in [-0.15, -0.1) is 0 Å². The number of aryl methyl sites for hydroxylation is 2. The molecular formula is C13H20N2O2. The third-order valence-corrected chi connectivity index (χ3v) is 2.92. The molecule has 0 spiro atoms. The van der Waals surface area contributed by atoms with Gasteiger partial charge in [0.05, 0.1) is 0 Å². The van der Waals surface area contributed by atoms with Crippen molar-refractivity contribution >= 4 is 11.8 Å². The van der Waals surface area contributed by atoms with Crippen LogP contribution < -0.4 is 5.32 Å². The van der Waals surface area contributed by atoms with Gasteiger partial charge in [-0.3, -0.25) is 0 Å². The van der Waals surface area contributed by atoms with E-state index in [0.29, 0.717) is 11.7 Å². The third kappa shape index (κ3) is 3.19. The Hall–Kier alpha value is -1.58. The average Bonchev–Trinajstić information content (AvgIpc) is 2.14. The zero-order valence-corrected chi connectivity index (χ0v) is 11.0. The summed E-state index contributed by atoms with van der Waals surface area (Å²) in [7, 11) is 0. The van der Waals surface area contributed by atoms with E-state index in [1.165, 1.54) is 0 Å². The van der Waals surface area contributed by atoms with Gasteiger partial charge in [-0.25, -0.2) is 9.78 Å². The van der Waals surface area contributed by atoms with Crippen LogP contribution in [0.4, 0.5) is 5.82 Å². The maximum absolute atomic E-state index is 11.2. The predicted octanol–water partition coefficient (Wildman–Crippen LogP) is 2.85. The van der Waals surface area contributed by atoms with Gasteiger partial charge >= 0.3 is 5.97 Å². The first-order chi connectivity index (χ1) is 7.82. The van der Waals surface area contributed by atoms with Crippen LogP contribution in [0.15, 0.2) is 6.07 Å². The molecule has 0 aliphatic rings. The van der Waals surface area contributed by atoms with Gasteiger partial charge in [0.15, 0.2) is 0 Å². The van der Waals surface area contributed by atoms with E-state index in [9.17, 15) is 9.90 Å². The molecule has 0 fully saturated rings. The van der Waals surface area contributed by atoms with E-state index >= 15 is 0 Å². The molecule has 0 bridgehead atoms. The van der Waals surface area contributed by atoms with E-state index in [1.807, 2.05) is 13.8 Å². The van der Waals surface area contributed by atoms with Crippen LogP contribution in [-0.4, -0.2) is 22.1 Å². The summed E-state index contributed by atoms with van der Waals surface area (Å²) in [6, 6.07) is 1.97. The number of carbonyl (C=O) groups is 1. The maximum atomic E-state index is 11.2. The Bertz CT molecular complexity index is 428. The standard InChI is InChI=1S/C13H20N2O2/c1-7(2)10(5)15-12-11(13(16)17)8(3)6-9(4)14-12/h6-7,10H,1-5H3,(H,14,15)(H,16,17). The molecule has 1 rings (SSSR count). The van der Waals surface area contributed by atoms with Crippen molar-refractivity contribution in [2.45, 2.75) is 40.7 Å². The molecule has 0 aliphatic carbocycles. The molecule has 0 aromatic carbocycles. The van der Waals surface area contributed by atoms with Crippen LogP contribution in [0.3, 0.4) is 0 Å². The van der Waals surface area contributed by atoms with Gasteiger partial charge in [0, 0.05) is 11.7 Å². The minimum atomic E-state index is -0.937. The Morgan fingerprint density at radius 2 is 1.94 bits per heavy atom. The fraction of sp³-hybridized carbons (Fsp3) is 0.538. The first-order valence-electron chi connectivity index (χ1n) is 5.81. The molecule has 94 valence electrons. The van der Waals surface area contributed by atoms with Crippen molar-refractivity contribution in [3.05, 3.63) is 22.9 Å². The van der Waals surface area contributed by atoms with Crippen molar-refractivity contribution in [1.82, 2.24) is 4.98 Å². The molecule has 0 aliphatic heterocycles. The molecule has 0 radical (unpaired) electrons. The summed E-state index contributed by atoms with van der Waals surface area (Å²) < 4.78 is 0. The SMILES string of the molecule is Cc1cc(C)c(C(=O)O)c(NC(C)C(C)C)n1. The monoisotopic (exact) mass is 236 g/mol. The molecular weight excluding hydrogens is 216 g/mol. The third-order valence-electron chi connectivity index (χ3n) is 2.92. The molecule has 0 saturated heterocycles. The summed E-state index contributed by atoms with van der Waals surface area (Å²) >= 11 is 0. The first-order valence-corrected chi connectivity index (χ1v) is 5.81. The van der Waals surface area contributed by atoms with Crippen LogP contribution in [0.1, 0.15) is 42.4 Å². The van der Waals surface area contributed by atoms with Gasteiger partial charge in [-0.1, -0.05) is 13.8 Å². The fourth-order valence-corrected chi connectivity index (χ4v) is 1.59. The minimum absolute atomic E-state index is 0.182. The first kappa shape index (κ1) is 13.5. The zero-order chi connectivity index (χ0) is 13.2. The molecule has 2 N–H and O–H groups in total. The van der Waals surface area contributed by atoms with Crippen LogP contribution in [0, 0.1) is 19.8 Å². The van der Waals surface area contributed by atoms with E-state index in [0.717, 1.165) is 11.3 Å². The summed E-state index contributed by atoms with van der Waals surface area (Å²) in [6.45, 7) is 9.85. The number of carboxylic acids is 1. The second-order valence-corrected chi connectivity index (χ2v) is 4.79. The summed E-state index contributed by atoms with van der Waals surface area (Å²) in [4.78, 5) is 15.5. The van der Waals surface area contributed by atoms with Crippen LogP contribution in [0.5, 0.6) is 0 Å². The largest absolute Gasteiger partial charge is 0.478 e. The number of rotatable bonds is 4. The number of pyridine rings is 1. The second kappa shape index (κ2) is 5.17. The van der Waals surface area contributed by atoms with Crippen molar-refractivity contribution in [3.63, 3.8) is 0 Å². The number of hydrogen-bond donors (Lipinski definition) is 2. The number of nitrogens with zero attached hydrogens (tertiary/aromatic N) is 1. The lowest BCUT2D eigenvalue weighted by molar-refractivity contribution is 0.0696. The maximum Gasteiger partial charge on any atom is 0.339 e. The summed E-state index contributed by atoms with van der Waals surface area (Å²) in [6.07, 6.45) is 0. The Balaban J connectivity index is 3.17. The molecule has 1 aromatic rings. The molecule has 1 aromatic heterocycles. The number of aromatic nitrogens is 1. The van der Waals surface area contributed by atoms with Gasteiger partial charge < -0.3 is 10.4 Å². The Morgan fingerprint density at radius 3 is 2.41 bits per heavy atom. The predicted molar refractivity (Wildman–Crippen MR) is 68.6 cm³/mol. The number of nitrogens with one attached hydrogen (secondary N) is 1. The number of aromatic carboxylic acids is 1. The lowest BCUT2D eigenvalue weighted by atomic mass is 10.0. The number of hydrogen-bond acceptors (Lipinski definition) is 3. The average molecular weight is 236 g/mol. The molecule has 4 heteroatoms. The van der Waals surface area contributed by atoms with Gasteiger partial charge in [0.1, 0.15) is 11.4 Å². The fourth-order valence-electron chi connectivity index (χ4n) is 1.59. The molecule has 1 heterocycles. The summed E-state index contributed by atoms with van der Waals surface area (Å²) in [5.41, 5.74) is 1.83. The van der Waals surface area contributed by atoms with E-state index < -0.39 is 5.97 Å².